The largest absolute Gasteiger partial charge is 0.493 e. The SMILES string of the molecule is CN=C(C=C(N)CSCc1nn(C)c(C)c1-c1c(Cl)ccc2c1c(C)c(C(=O)O)n2CCCOc1cccc2c1CCC2)CS. The highest BCUT2D eigenvalue weighted by Gasteiger charge is 2.27. The van der Waals surface area contributed by atoms with E-state index in [0.717, 1.165) is 64.1 Å². The Morgan fingerprint density at radius 2 is 2.04 bits per heavy atom. The maximum atomic E-state index is 12.7. The van der Waals surface area contributed by atoms with Gasteiger partial charge in [-0.1, -0.05) is 23.7 Å². The molecule has 1 aliphatic rings. The summed E-state index contributed by atoms with van der Waals surface area (Å²) < 4.78 is 9.95. The van der Waals surface area contributed by atoms with E-state index in [-0.39, 0.29) is 5.69 Å². The second kappa shape index (κ2) is 14.4. The number of halogens is 1. The molecule has 0 atom stereocenters. The second-order valence-corrected chi connectivity index (χ2v) is 13.0. The first kappa shape index (κ1) is 33.0. The molecule has 5 rings (SSSR count). The van der Waals surface area contributed by atoms with Crippen molar-refractivity contribution in [1.29, 1.82) is 0 Å². The van der Waals surface area contributed by atoms with Gasteiger partial charge in [-0.2, -0.15) is 17.7 Å². The van der Waals surface area contributed by atoms with Gasteiger partial charge in [0.15, 0.2) is 0 Å². The van der Waals surface area contributed by atoms with Gasteiger partial charge < -0.3 is 20.1 Å². The monoisotopic (exact) mass is 665 g/mol. The molecule has 2 heterocycles. The van der Waals surface area contributed by atoms with Gasteiger partial charge in [0.25, 0.3) is 0 Å². The first-order chi connectivity index (χ1) is 21.7. The minimum absolute atomic E-state index is 0.266. The van der Waals surface area contributed by atoms with Crippen LogP contribution in [0, 0.1) is 13.8 Å². The van der Waals surface area contributed by atoms with Gasteiger partial charge in [0.05, 0.1) is 12.3 Å². The van der Waals surface area contributed by atoms with Crippen molar-refractivity contribution in [1.82, 2.24) is 14.3 Å². The van der Waals surface area contributed by atoms with Crippen LogP contribution in [0.2, 0.25) is 5.02 Å². The summed E-state index contributed by atoms with van der Waals surface area (Å²) in [5, 5.41) is 16.6. The lowest BCUT2D eigenvalue weighted by Gasteiger charge is -2.13. The van der Waals surface area contributed by atoms with Crippen LogP contribution in [0.15, 0.2) is 47.1 Å². The van der Waals surface area contributed by atoms with E-state index in [4.69, 9.17) is 27.2 Å². The first-order valence-electron chi connectivity index (χ1n) is 15.1. The van der Waals surface area contributed by atoms with E-state index in [9.17, 15) is 9.90 Å². The number of benzene rings is 2. The molecule has 2 aromatic heterocycles. The molecule has 0 saturated carbocycles. The first-order valence-corrected chi connectivity index (χ1v) is 17.2. The van der Waals surface area contributed by atoms with Gasteiger partial charge in [-0.15, -0.1) is 11.8 Å². The van der Waals surface area contributed by atoms with E-state index >= 15 is 0 Å². The minimum Gasteiger partial charge on any atom is -0.493 e. The van der Waals surface area contributed by atoms with Crippen LogP contribution >= 0.6 is 36.0 Å². The number of nitrogens with two attached hydrogens (primary N) is 1. The van der Waals surface area contributed by atoms with Crippen LogP contribution < -0.4 is 10.5 Å². The molecule has 0 spiro atoms. The summed E-state index contributed by atoms with van der Waals surface area (Å²) in [4.78, 5) is 16.8. The zero-order chi connectivity index (χ0) is 32.2. The summed E-state index contributed by atoms with van der Waals surface area (Å²) in [6.45, 7) is 4.87. The van der Waals surface area contributed by atoms with Crippen molar-refractivity contribution in [3.8, 4) is 16.9 Å². The highest BCUT2D eigenvalue weighted by molar-refractivity contribution is 7.98. The van der Waals surface area contributed by atoms with Crippen molar-refractivity contribution in [2.75, 3.05) is 25.2 Å². The van der Waals surface area contributed by atoms with E-state index in [1.165, 1.54) is 11.1 Å². The van der Waals surface area contributed by atoms with Crippen LogP contribution in [0.25, 0.3) is 22.0 Å². The van der Waals surface area contributed by atoms with Crippen molar-refractivity contribution in [3.05, 3.63) is 80.9 Å². The maximum Gasteiger partial charge on any atom is 0.352 e. The fourth-order valence-electron chi connectivity index (χ4n) is 6.29. The molecule has 2 aromatic carbocycles. The molecule has 0 aliphatic heterocycles. The lowest BCUT2D eigenvalue weighted by atomic mass is 9.97. The van der Waals surface area contributed by atoms with Gasteiger partial charge in [0.1, 0.15) is 11.4 Å². The van der Waals surface area contributed by atoms with Gasteiger partial charge in [-0.25, -0.2) is 4.79 Å². The Morgan fingerprint density at radius 1 is 1.24 bits per heavy atom. The molecule has 11 heteroatoms. The highest BCUT2D eigenvalue weighted by atomic mass is 35.5. The summed E-state index contributed by atoms with van der Waals surface area (Å²) in [7, 11) is 3.64. The molecule has 0 fully saturated rings. The number of fused-ring (bicyclic) bond motifs is 2. The standard InChI is InChI=1S/C34H40ClN5O3S2/c1-20-30-28(40(33(20)34(41)42)14-7-15-43-29-11-6-9-22-8-5-10-25(22)29)13-12-26(35)32(30)31-21(2)39(4)38-27(31)19-45-18-23(36)16-24(17-44)37-3/h6,9,11-13,16,44H,5,7-8,10,14-15,17-19,36H2,1-4H3,(H,41,42). The van der Waals surface area contributed by atoms with Gasteiger partial charge in [-0.3, -0.25) is 9.67 Å². The Hall–Kier alpha value is -3.34. The van der Waals surface area contributed by atoms with Gasteiger partial charge in [0, 0.05) is 82.1 Å². The van der Waals surface area contributed by atoms with Crippen molar-refractivity contribution in [2.45, 2.75) is 51.8 Å². The van der Waals surface area contributed by atoms with Crippen molar-refractivity contribution in [3.63, 3.8) is 0 Å². The molecule has 1 aliphatic carbocycles. The molecule has 0 unspecified atom stereocenters. The van der Waals surface area contributed by atoms with E-state index in [1.54, 1.807) is 18.8 Å². The summed E-state index contributed by atoms with van der Waals surface area (Å²) in [6, 6.07) is 10.0. The number of aromatic carboxylic acids is 1. The van der Waals surface area contributed by atoms with Gasteiger partial charge >= 0.3 is 5.97 Å². The number of hydrogen-bond acceptors (Lipinski definition) is 7. The molecular formula is C34H40ClN5O3S2. The quantitative estimate of drug-likeness (QED) is 0.0803. The average molecular weight is 666 g/mol. The third-order valence-electron chi connectivity index (χ3n) is 8.48. The molecule has 0 bridgehead atoms. The van der Waals surface area contributed by atoms with Gasteiger partial charge in [-0.05, 0) is 80.5 Å². The molecule has 0 radical (unpaired) electrons. The van der Waals surface area contributed by atoms with E-state index in [1.807, 2.05) is 54.4 Å². The fourth-order valence-corrected chi connectivity index (χ4v) is 7.60. The number of aromatic nitrogens is 3. The van der Waals surface area contributed by atoms with Crippen molar-refractivity contribution in [2.24, 2.45) is 17.8 Å². The number of ether oxygens (including phenoxy) is 1. The number of carboxylic acids is 1. The molecule has 8 nitrogen and oxygen atoms in total. The lowest BCUT2D eigenvalue weighted by Crippen LogP contribution is -2.12. The maximum absolute atomic E-state index is 12.7. The average Bonchev–Trinajstić information content (AvgIpc) is 3.69. The third kappa shape index (κ3) is 6.78. The molecule has 238 valence electrons. The van der Waals surface area contributed by atoms with Crippen LogP contribution in [0.3, 0.4) is 0 Å². The summed E-state index contributed by atoms with van der Waals surface area (Å²) in [5.74, 6) is 1.70. The van der Waals surface area contributed by atoms with Crippen LogP contribution in [0.5, 0.6) is 5.75 Å². The smallest absolute Gasteiger partial charge is 0.352 e. The Bertz CT molecular complexity index is 1810. The van der Waals surface area contributed by atoms with Crippen LogP contribution in [0.1, 0.15) is 51.4 Å². The summed E-state index contributed by atoms with van der Waals surface area (Å²) >= 11 is 12.9. The van der Waals surface area contributed by atoms with Gasteiger partial charge in [0.2, 0.25) is 0 Å². The van der Waals surface area contributed by atoms with E-state index < -0.39 is 5.97 Å². The van der Waals surface area contributed by atoms with Crippen molar-refractivity contribution < 1.29 is 14.6 Å². The highest BCUT2D eigenvalue weighted by Crippen LogP contribution is 2.43. The Morgan fingerprint density at radius 3 is 2.78 bits per heavy atom. The van der Waals surface area contributed by atoms with E-state index in [2.05, 4.69) is 29.8 Å². The predicted octanol–water partition coefficient (Wildman–Crippen LogP) is 7.04. The van der Waals surface area contributed by atoms with Crippen LogP contribution in [0.4, 0.5) is 0 Å². The second-order valence-electron chi connectivity index (χ2n) is 11.3. The number of thiol groups is 1. The molecule has 0 amide bonds. The van der Waals surface area contributed by atoms with E-state index in [0.29, 0.717) is 53.1 Å². The third-order valence-corrected chi connectivity index (χ3v) is 10.1. The zero-order valence-electron chi connectivity index (χ0n) is 26.2. The topological polar surface area (TPSA) is 108 Å². The Kier molecular flexibility index (Phi) is 10.6. The summed E-state index contributed by atoms with van der Waals surface area (Å²) in [5.41, 5.74) is 15.8. The number of rotatable bonds is 13. The normalized spacial score (nSPS) is 13.6. The molecule has 0 saturated heterocycles. The summed E-state index contributed by atoms with van der Waals surface area (Å²) in [6.07, 6.45) is 5.82. The Balaban J connectivity index is 1.45. The Labute approximate surface area is 279 Å². The number of carbonyl (C=O) groups is 1. The number of aliphatic imine (C=N–C) groups is 1. The lowest BCUT2D eigenvalue weighted by molar-refractivity contribution is 0.0684. The zero-order valence-corrected chi connectivity index (χ0v) is 28.7. The minimum atomic E-state index is -0.968. The number of allylic oxidation sites excluding steroid dienone is 1. The van der Waals surface area contributed by atoms with Crippen LogP contribution in [-0.2, 0) is 32.2 Å². The number of carboxylic acid groups (broad SMARTS) is 1. The van der Waals surface area contributed by atoms with Crippen molar-refractivity contribution >= 4 is 58.6 Å². The number of hydrogen-bond donors (Lipinski definition) is 3. The predicted molar refractivity (Wildman–Crippen MR) is 190 cm³/mol. The molecule has 3 N–H and O–H groups in total. The fraction of sp³-hybridized carbons (Fsp3) is 0.382. The molecule has 45 heavy (non-hydrogen) atoms. The molecular weight excluding hydrogens is 626 g/mol. The number of nitrogens with zero attached hydrogens (tertiary/aromatic N) is 4. The number of thioether (sulfide) groups is 1. The van der Waals surface area contributed by atoms with Crippen LogP contribution in [-0.4, -0.2) is 56.3 Å². The molecule has 4 aromatic rings. The number of aryl methyl sites for hydroxylation is 4.